The van der Waals surface area contributed by atoms with Gasteiger partial charge in [0.05, 0.1) is 16.1 Å². The number of rotatable bonds is 6. The molecular weight excluding hydrogens is 392 g/mol. The van der Waals surface area contributed by atoms with E-state index in [1.165, 1.54) is 42.6 Å². The molecule has 1 amide bonds. The molecule has 0 bridgehead atoms. The maximum Gasteiger partial charge on any atom is 0.271 e. The number of hydrogen-bond acceptors (Lipinski definition) is 8. The second-order valence-electron chi connectivity index (χ2n) is 6.79. The van der Waals surface area contributed by atoms with Crippen LogP contribution in [0.5, 0.6) is 0 Å². The van der Waals surface area contributed by atoms with Crippen molar-refractivity contribution in [2.75, 3.05) is 38.1 Å². The van der Waals surface area contributed by atoms with Crippen LogP contribution in [0.25, 0.3) is 0 Å². The maximum atomic E-state index is 12.2. The Morgan fingerprint density at radius 3 is 2.20 bits per heavy atom. The topological polar surface area (TPSA) is 134 Å². The van der Waals surface area contributed by atoms with E-state index in [1.807, 2.05) is 7.05 Å². The van der Waals surface area contributed by atoms with E-state index in [-0.39, 0.29) is 16.9 Å². The van der Waals surface area contributed by atoms with Gasteiger partial charge in [0, 0.05) is 67.3 Å². The number of hydrogen-bond donors (Lipinski definition) is 1. The van der Waals surface area contributed by atoms with Gasteiger partial charge in [0.1, 0.15) is 0 Å². The van der Waals surface area contributed by atoms with Crippen LogP contribution in [-0.2, 0) is 0 Å². The third kappa shape index (κ3) is 4.94. The number of amides is 1. The molecule has 156 valence electrons. The molecule has 1 saturated heterocycles. The molecule has 0 aliphatic carbocycles. The van der Waals surface area contributed by atoms with Gasteiger partial charge in [-0.1, -0.05) is 0 Å². The first kappa shape index (κ1) is 20.9. The van der Waals surface area contributed by atoms with Crippen molar-refractivity contribution in [3.05, 3.63) is 73.8 Å². The van der Waals surface area contributed by atoms with Gasteiger partial charge in [0.25, 0.3) is 17.3 Å². The Morgan fingerprint density at radius 2 is 1.60 bits per heavy atom. The maximum absolute atomic E-state index is 12.2. The van der Waals surface area contributed by atoms with Gasteiger partial charge < -0.3 is 9.80 Å². The number of carbonyl (C=O) groups excluding carboxylic acids is 1. The molecule has 11 heteroatoms. The van der Waals surface area contributed by atoms with Crippen LogP contribution >= 0.6 is 0 Å². The lowest BCUT2D eigenvalue weighted by molar-refractivity contribution is -0.385. The van der Waals surface area contributed by atoms with E-state index in [4.69, 9.17) is 0 Å². The predicted molar refractivity (Wildman–Crippen MR) is 111 cm³/mol. The fraction of sp³-hybridized carbons (Fsp3) is 0.263. The molecule has 11 nitrogen and oxygen atoms in total. The molecule has 1 aliphatic heterocycles. The summed E-state index contributed by atoms with van der Waals surface area (Å²) in [6, 6.07) is 9.64. The van der Waals surface area contributed by atoms with Crippen molar-refractivity contribution >= 4 is 29.2 Å². The van der Waals surface area contributed by atoms with Crippen LogP contribution in [0.15, 0.2) is 47.6 Å². The highest BCUT2D eigenvalue weighted by Crippen LogP contribution is 2.25. The molecule has 0 saturated carbocycles. The Kier molecular flexibility index (Phi) is 6.32. The van der Waals surface area contributed by atoms with Crippen LogP contribution in [0, 0.1) is 20.2 Å². The number of carbonyl (C=O) groups is 1. The van der Waals surface area contributed by atoms with Gasteiger partial charge in [-0.15, -0.1) is 0 Å². The molecule has 1 N–H and O–H groups in total. The van der Waals surface area contributed by atoms with Crippen LogP contribution in [-0.4, -0.2) is 60.1 Å². The fourth-order valence-electron chi connectivity index (χ4n) is 3.05. The molecule has 0 spiro atoms. The van der Waals surface area contributed by atoms with Gasteiger partial charge in [-0.25, -0.2) is 5.43 Å². The summed E-state index contributed by atoms with van der Waals surface area (Å²) in [5.74, 6) is -0.548. The zero-order chi connectivity index (χ0) is 21.7. The van der Waals surface area contributed by atoms with Crippen molar-refractivity contribution in [1.29, 1.82) is 0 Å². The number of nitrogens with one attached hydrogen (secondary N) is 1. The van der Waals surface area contributed by atoms with E-state index in [0.29, 0.717) is 5.56 Å². The normalized spacial score (nSPS) is 14.6. The van der Waals surface area contributed by atoms with Crippen molar-refractivity contribution in [2.24, 2.45) is 5.10 Å². The predicted octanol–water partition coefficient (Wildman–Crippen LogP) is 2.02. The number of likely N-dealkylation sites (N-methyl/N-ethyl adjacent to an activating group) is 1. The molecule has 0 aromatic heterocycles. The standard InChI is InChI=1S/C19H20N6O5/c1-22-8-10-23(11-9-22)18-7-6-17(25(29)30)12-15(18)13-20-21-19(26)14-2-4-16(5-3-14)24(27)28/h2-7,12-13H,8-11H2,1H3,(H,21,26). The largest absolute Gasteiger partial charge is 0.368 e. The van der Waals surface area contributed by atoms with Crippen molar-refractivity contribution in [2.45, 2.75) is 0 Å². The number of nitro groups is 2. The fourth-order valence-corrected chi connectivity index (χ4v) is 3.05. The summed E-state index contributed by atoms with van der Waals surface area (Å²) in [6.07, 6.45) is 1.37. The van der Waals surface area contributed by atoms with E-state index >= 15 is 0 Å². The first-order valence-corrected chi connectivity index (χ1v) is 9.15. The highest BCUT2D eigenvalue weighted by molar-refractivity contribution is 5.96. The zero-order valence-corrected chi connectivity index (χ0v) is 16.2. The SMILES string of the molecule is CN1CCN(c2ccc([N+](=O)[O-])cc2C=NNC(=O)c2ccc([N+](=O)[O-])cc2)CC1. The number of hydrazone groups is 1. The van der Waals surface area contributed by atoms with Gasteiger partial charge in [-0.2, -0.15) is 5.10 Å². The monoisotopic (exact) mass is 412 g/mol. The number of piperazine rings is 1. The van der Waals surface area contributed by atoms with Crippen LogP contribution in [0.4, 0.5) is 17.1 Å². The molecule has 30 heavy (non-hydrogen) atoms. The lowest BCUT2D eigenvalue weighted by Crippen LogP contribution is -2.44. The van der Waals surface area contributed by atoms with Gasteiger partial charge in [0.2, 0.25) is 0 Å². The van der Waals surface area contributed by atoms with Gasteiger partial charge in [0.15, 0.2) is 0 Å². The Morgan fingerprint density at radius 1 is 1.00 bits per heavy atom. The van der Waals surface area contributed by atoms with Gasteiger partial charge >= 0.3 is 0 Å². The van der Waals surface area contributed by atoms with Crippen molar-refractivity contribution in [3.8, 4) is 0 Å². The van der Waals surface area contributed by atoms with E-state index in [9.17, 15) is 25.0 Å². The third-order valence-corrected chi connectivity index (χ3v) is 4.78. The summed E-state index contributed by atoms with van der Waals surface area (Å²) < 4.78 is 0. The number of anilines is 1. The molecule has 0 unspecified atom stereocenters. The Hall–Kier alpha value is -3.86. The summed E-state index contributed by atoms with van der Waals surface area (Å²) in [5.41, 5.74) is 3.66. The number of non-ortho nitro benzene ring substituents is 2. The molecule has 1 fully saturated rings. The molecular formula is C19H20N6O5. The molecule has 3 rings (SSSR count). The number of benzene rings is 2. The van der Waals surface area contributed by atoms with E-state index in [1.54, 1.807) is 6.07 Å². The second kappa shape index (κ2) is 9.09. The average Bonchev–Trinajstić information content (AvgIpc) is 2.74. The van der Waals surface area contributed by atoms with Crippen LogP contribution in [0.1, 0.15) is 15.9 Å². The van der Waals surface area contributed by atoms with Crippen molar-refractivity contribution in [1.82, 2.24) is 10.3 Å². The molecule has 1 heterocycles. The van der Waals surface area contributed by atoms with E-state index < -0.39 is 15.8 Å². The summed E-state index contributed by atoms with van der Waals surface area (Å²) in [5, 5.41) is 25.8. The highest BCUT2D eigenvalue weighted by atomic mass is 16.6. The second-order valence-corrected chi connectivity index (χ2v) is 6.79. The first-order chi connectivity index (χ1) is 14.3. The summed E-state index contributed by atoms with van der Waals surface area (Å²) in [4.78, 5) is 37.3. The summed E-state index contributed by atoms with van der Waals surface area (Å²) in [6.45, 7) is 3.27. The van der Waals surface area contributed by atoms with Crippen molar-refractivity contribution in [3.63, 3.8) is 0 Å². The molecule has 1 aliphatic rings. The quantitative estimate of drug-likeness (QED) is 0.436. The minimum atomic E-state index is -0.554. The summed E-state index contributed by atoms with van der Waals surface area (Å²) in [7, 11) is 2.03. The van der Waals surface area contributed by atoms with E-state index in [0.717, 1.165) is 31.9 Å². The Balaban J connectivity index is 1.77. The Labute approximate surface area is 171 Å². The average molecular weight is 412 g/mol. The third-order valence-electron chi connectivity index (χ3n) is 4.78. The molecule has 0 radical (unpaired) electrons. The minimum Gasteiger partial charge on any atom is -0.368 e. The minimum absolute atomic E-state index is 0.0731. The first-order valence-electron chi connectivity index (χ1n) is 9.15. The van der Waals surface area contributed by atoms with Gasteiger partial charge in [-0.3, -0.25) is 25.0 Å². The van der Waals surface area contributed by atoms with Crippen LogP contribution < -0.4 is 10.3 Å². The smallest absolute Gasteiger partial charge is 0.271 e. The highest BCUT2D eigenvalue weighted by Gasteiger charge is 2.19. The van der Waals surface area contributed by atoms with E-state index in [2.05, 4.69) is 20.3 Å². The van der Waals surface area contributed by atoms with Crippen molar-refractivity contribution < 1.29 is 14.6 Å². The number of nitrogens with zero attached hydrogens (tertiary/aromatic N) is 5. The lowest BCUT2D eigenvalue weighted by Gasteiger charge is -2.34. The lowest BCUT2D eigenvalue weighted by atomic mass is 10.1. The molecule has 2 aromatic rings. The van der Waals surface area contributed by atoms with Gasteiger partial charge in [-0.05, 0) is 25.2 Å². The van der Waals surface area contributed by atoms with Crippen LogP contribution in [0.3, 0.4) is 0 Å². The molecule has 0 atom stereocenters. The van der Waals surface area contributed by atoms with Crippen LogP contribution in [0.2, 0.25) is 0 Å². The number of nitro benzene ring substituents is 2. The Bertz CT molecular complexity index is 983. The summed E-state index contributed by atoms with van der Waals surface area (Å²) >= 11 is 0. The zero-order valence-electron chi connectivity index (χ0n) is 16.2. The molecule has 2 aromatic carbocycles.